The molecule has 1 amide bonds. The highest BCUT2D eigenvalue weighted by Crippen LogP contribution is 2.53. The molecule has 1 unspecified atom stereocenters. The van der Waals surface area contributed by atoms with Crippen LogP contribution in [-0.4, -0.2) is 10.2 Å². The van der Waals surface area contributed by atoms with Gasteiger partial charge in [-0.2, -0.15) is 0 Å². The van der Waals surface area contributed by atoms with Gasteiger partial charge in [-0.1, -0.05) is 6.07 Å². The first-order valence-electron chi connectivity index (χ1n) is 4.85. The van der Waals surface area contributed by atoms with Crippen LogP contribution in [-0.2, 0) is 4.79 Å². The van der Waals surface area contributed by atoms with Crippen molar-refractivity contribution in [3.05, 3.63) is 29.6 Å². The minimum Gasteiger partial charge on any atom is -0.325 e. The first-order valence-corrected chi connectivity index (χ1v) is 5.60. The molecule has 1 fully saturated rings. The smallest absolute Gasteiger partial charge is 0.230 e. The van der Waals surface area contributed by atoms with E-state index in [2.05, 4.69) is 5.32 Å². The molecule has 16 heavy (non-hydrogen) atoms. The van der Waals surface area contributed by atoms with Crippen molar-refractivity contribution < 1.29 is 9.18 Å². The molecular weight excluding hydrogens is 252 g/mol. The molecular formula is C11H10Cl2FNO. The third-order valence-electron chi connectivity index (χ3n) is 2.60. The van der Waals surface area contributed by atoms with Crippen molar-refractivity contribution in [2.45, 2.75) is 17.7 Å². The van der Waals surface area contributed by atoms with E-state index < -0.39 is 10.3 Å². The number of anilines is 1. The van der Waals surface area contributed by atoms with Crippen LogP contribution in [0, 0.1) is 18.7 Å². The molecule has 1 aromatic rings. The molecule has 0 radical (unpaired) electrons. The molecule has 5 heteroatoms. The number of rotatable bonds is 2. The molecule has 86 valence electrons. The molecule has 0 saturated heterocycles. The normalized spacial score (nSPS) is 21.6. The maximum Gasteiger partial charge on any atom is 0.230 e. The van der Waals surface area contributed by atoms with Crippen LogP contribution in [0.15, 0.2) is 18.2 Å². The van der Waals surface area contributed by atoms with Gasteiger partial charge in [-0.05, 0) is 31.0 Å². The fourth-order valence-electron chi connectivity index (χ4n) is 1.45. The Bertz CT molecular complexity index is 448. The first-order chi connectivity index (χ1) is 7.40. The van der Waals surface area contributed by atoms with Gasteiger partial charge in [0.1, 0.15) is 10.2 Å². The minimum atomic E-state index is -0.953. The molecule has 0 spiro atoms. The van der Waals surface area contributed by atoms with Gasteiger partial charge in [-0.15, -0.1) is 23.2 Å². The highest BCUT2D eigenvalue weighted by Gasteiger charge is 2.56. The van der Waals surface area contributed by atoms with Gasteiger partial charge >= 0.3 is 0 Å². The number of carbonyl (C=O) groups excluding carboxylic acids is 1. The van der Waals surface area contributed by atoms with Crippen LogP contribution in [0.1, 0.15) is 12.0 Å². The number of aryl methyl sites for hydroxylation is 1. The maximum atomic E-state index is 13.0. The molecule has 0 aliphatic heterocycles. The van der Waals surface area contributed by atoms with Crippen molar-refractivity contribution in [2.24, 2.45) is 5.92 Å². The molecule has 2 nitrogen and oxygen atoms in total. The SMILES string of the molecule is Cc1ccc(F)cc1NC(=O)C1CC1(Cl)Cl. The number of hydrogen-bond donors (Lipinski definition) is 1. The Labute approximate surface area is 103 Å². The summed E-state index contributed by atoms with van der Waals surface area (Å²) in [6.07, 6.45) is 0.441. The number of alkyl halides is 2. The lowest BCUT2D eigenvalue weighted by Gasteiger charge is -2.08. The van der Waals surface area contributed by atoms with Crippen LogP contribution < -0.4 is 5.32 Å². The Morgan fingerprint density at radius 1 is 1.56 bits per heavy atom. The van der Waals surface area contributed by atoms with E-state index in [4.69, 9.17) is 23.2 Å². The second-order valence-corrected chi connectivity index (χ2v) is 5.51. The van der Waals surface area contributed by atoms with Gasteiger partial charge in [0.2, 0.25) is 5.91 Å². The zero-order valence-electron chi connectivity index (χ0n) is 8.56. The van der Waals surface area contributed by atoms with E-state index in [0.29, 0.717) is 12.1 Å². The monoisotopic (exact) mass is 261 g/mol. The number of amides is 1. The van der Waals surface area contributed by atoms with E-state index in [0.717, 1.165) is 5.56 Å². The van der Waals surface area contributed by atoms with Crippen molar-refractivity contribution in [2.75, 3.05) is 5.32 Å². The lowest BCUT2D eigenvalue weighted by atomic mass is 10.2. The summed E-state index contributed by atoms with van der Waals surface area (Å²) >= 11 is 11.5. The summed E-state index contributed by atoms with van der Waals surface area (Å²) in [5.41, 5.74) is 1.26. The quantitative estimate of drug-likeness (QED) is 0.814. The van der Waals surface area contributed by atoms with E-state index in [1.165, 1.54) is 12.1 Å². The first kappa shape index (κ1) is 11.7. The van der Waals surface area contributed by atoms with Gasteiger partial charge in [-0.25, -0.2) is 4.39 Å². The fraction of sp³-hybridized carbons (Fsp3) is 0.364. The molecule has 0 bridgehead atoms. The maximum absolute atomic E-state index is 13.0. The molecule has 0 aromatic heterocycles. The lowest BCUT2D eigenvalue weighted by Crippen LogP contribution is -2.17. The predicted octanol–water partition coefficient (Wildman–Crippen LogP) is 3.27. The molecule has 2 rings (SSSR count). The van der Waals surface area contributed by atoms with Crippen LogP contribution in [0.5, 0.6) is 0 Å². The zero-order chi connectivity index (χ0) is 11.9. The molecule has 1 aliphatic rings. The highest BCUT2D eigenvalue weighted by atomic mass is 35.5. The average Bonchev–Trinajstić information content (AvgIpc) is 2.82. The summed E-state index contributed by atoms with van der Waals surface area (Å²) in [4.78, 5) is 11.7. The van der Waals surface area contributed by atoms with Crippen LogP contribution in [0.3, 0.4) is 0 Å². The standard InChI is InChI=1S/C11H10Cl2FNO/c1-6-2-3-7(14)4-9(6)15-10(16)8-5-11(8,12)13/h2-4,8H,5H2,1H3,(H,15,16). The van der Waals surface area contributed by atoms with Gasteiger partial charge in [0.15, 0.2) is 0 Å². The molecule has 1 atom stereocenters. The van der Waals surface area contributed by atoms with Crippen molar-refractivity contribution in [3.8, 4) is 0 Å². The van der Waals surface area contributed by atoms with Crippen molar-refractivity contribution in [1.82, 2.24) is 0 Å². The topological polar surface area (TPSA) is 29.1 Å². The van der Waals surface area contributed by atoms with E-state index >= 15 is 0 Å². The lowest BCUT2D eigenvalue weighted by molar-refractivity contribution is -0.117. The summed E-state index contributed by atoms with van der Waals surface area (Å²) in [5.74, 6) is -1.06. The number of benzene rings is 1. The second-order valence-electron chi connectivity index (χ2n) is 3.97. The largest absolute Gasteiger partial charge is 0.325 e. The summed E-state index contributed by atoms with van der Waals surface area (Å²) in [6.45, 7) is 1.79. The van der Waals surface area contributed by atoms with E-state index in [9.17, 15) is 9.18 Å². The van der Waals surface area contributed by atoms with E-state index in [1.54, 1.807) is 13.0 Å². The van der Waals surface area contributed by atoms with Crippen LogP contribution in [0.25, 0.3) is 0 Å². The number of carbonyl (C=O) groups is 1. The van der Waals surface area contributed by atoms with Crippen molar-refractivity contribution in [1.29, 1.82) is 0 Å². The highest BCUT2D eigenvalue weighted by molar-refractivity contribution is 6.52. The van der Waals surface area contributed by atoms with Crippen LogP contribution in [0.2, 0.25) is 0 Å². The summed E-state index contributed by atoms with van der Waals surface area (Å²) < 4.78 is 12.0. The third kappa shape index (κ3) is 2.30. The van der Waals surface area contributed by atoms with Gasteiger partial charge in [-0.3, -0.25) is 4.79 Å². The zero-order valence-corrected chi connectivity index (χ0v) is 10.1. The summed E-state index contributed by atoms with van der Waals surface area (Å²) in [7, 11) is 0. The average molecular weight is 262 g/mol. The molecule has 1 N–H and O–H groups in total. The Morgan fingerprint density at radius 3 is 2.75 bits per heavy atom. The minimum absolute atomic E-state index is 0.265. The van der Waals surface area contributed by atoms with Crippen molar-refractivity contribution >= 4 is 34.8 Å². The third-order valence-corrected chi connectivity index (χ3v) is 3.44. The molecule has 0 heterocycles. The number of halogens is 3. The van der Waals surface area contributed by atoms with Crippen LogP contribution >= 0.6 is 23.2 Å². The van der Waals surface area contributed by atoms with Crippen LogP contribution in [0.4, 0.5) is 10.1 Å². The number of nitrogens with one attached hydrogen (secondary N) is 1. The number of hydrogen-bond acceptors (Lipinski definition) is 1. The Balaban J connectivity index is 2.10. The molecule has 1 aromatic carbocycles. The second kappa shape index (κ2) is 3.90. The Hall–Kier alpha value is -0.800. The van der Waals surface area contributed by atoms with Gasteiger partial charge in [0, 0.05) is 5.69 Å². The summed E-state index contributed by atoms with van der Waals surface area (Å²) in [6, 6.07) is 4.22. The van der Waals surface area contributed by atoms with Gasteiger partial charge in [0.05, 0.1) is 5.92 Å². The fourth-order valence-corrected chi connectivity index (χ4v) is 1.95. The Morgan fingerprint density at radius 2 is 2.19 bits per heavy atom. The molecule has 1 aliphatic carbocycles. The van der Waals surface area contributed by atoms with Gasteiger partial charge in [0.25, 0.3) is 0 Å². The Kier molecular flexibility index (Phi) is 2.84. The molecule has 1 saturated carbocycles. The summed E-state index contributed by atoms with van der Waals surface area (Å²) in [5, 5.41) is 2.62. The van der Waals surface area contributed by atoms with E-state index in [-0.39, 0.29) is 11.7 Å². The van der Waals surface area contributed by atoms with Crippen molar-refractivity contribution in [3.63, 3.8) is 0 Å². The van der Waals surface area contributed by atoms with E-state index in [1.807, 2.05) is 0 Å². The predicted molar refractivity (Wildman–Crippen MR) is 62.3 cm³/mol. The van der Waals surface area contributed by atoms with Gasteiger partial charge < -0.3 is 5.32 Å².